The van der Waals surface area contributed by atoms with Crippen LogP contribution in [-0.4, -0.2) is 17.6 Å². The van der Waals surface area contributed by atoms with Crippen LogP contribution in [0.4, 0.5) is 0 Å². The number of carbonyl (C=O) groups excluding carboxylic acids is 1. The number of amides is 1. The predicted molar refractivity (Wildman–Crippen MR) is 88.1 cm³/mol. The van der Waals surface area contributed by atoms with Gasteiger partial charge in [0, 0.05) is 16.7 Å². The van der Waals surface area contributed by atoms with E-state index in [1.807, 2.05) is 19.1 Å². The van der Waals surface area contributed by atoms with Crippen molar-refractivity contribution in [3.05, 3.63) is 43.2 Å². The maximum atomic E-state index is 12.2. The number of aliphatic hydroxyl groups excluding tert-OH is 1. The molecule has 2 N–H and O–H groups in total. The van der Waals surface area contributed by atoms with Gasteiger partial charge in [0.25, 0.3) is 5.91 Å². The molecule has 110 valence electrons. The quantitative estimate of drug-likeness (QED) is 0.835. The fourth-order valence-electron chi connectivity index (χ4n) is 1.64. The van der Waals surface area contributed by atoms with Crippen LogP contribution in [0.1, 0.15) is 39.5 Å². The maximum Gasteiger partial charge on any atom is 0.252 e. The Morgan fingerprint density at radius 3 is 3.00 bits per heavy atom. The van der Waals surface area contributed by atoms with Crippen LogP contribution in [-0.2, 0) is 0 Å². The van der Waals surface area contributed by atoms with E-state index in [0.29, 0.717) is 16.3 Å². The van der Waals surface area contributed by atoms with Crippen LogP contribution in [0, 0.1) is 11.8 Å². The van der Waals surface area contributed by atoms with E-state index < -0.39 is 0 Å². The van der Waals surface area contributed by atoms with Crippen LogP contribution in [0.15, 0.2) is 23.6 Å². The normalized spacial score (nSPS) is 11.6. The fraction of sp³-hybridized carbons (Fsp3) is 0.267. The van der Waals surface area contributed by atoms with Gasteiger partial charge >= 0.3 is 0 Å². The summed E-state index contributed by atoms with van der Waals surface area (Å²) in [7, 11) is 0. The van der Waals surface area contributed by atoms with Gasteiger partial charge in [0.05, 0.1) is 27.4 Å². The summed E-state index contributed by atoms with van der Waals surface area (Å²) in [6.45, 7) is 1.97. The molecular formula is C15H14ClNO2S2. The van der Waals surface area contributed by atoms with Crippen LogP contribution in [0.25, 0.3) is 0 Å². The molecular weight excluding hydrogens is 326 g/mol. The Labute approximate surface area is 136 Å². The first-order chi connectivity index (χ1) is 10.1. The van der Waals surface area contributed by atoms with Crippen molar-refractivity contribution in [3.63, 3.8) is 0 Å². The van der Waals surface area contributed by atoms with E-state index in [9.17, 15) is 4.79 Å². The highest BCUT2D eigenvalue weighted by Crippen LogP contribution is 2.27. The predicted octanol–water partition coefficient (Wildman–Crippen LogP) is 3.69. The first-order valence-corrected chi connectivity index (χ1v) is 8.42. The van der Waals surface area contributed by atoms with Gasteiger partial charge in [-0.25, -0.2) is 0 Å². The summed E-state index contributed by atoms with van der Waals surface area (Å²) in [5.41, 5.74) is 0.600. The van der Waals surface area contributed by atoms with Crippen molar-refractivity contribution in [2.45, 2.75) is 19.4 Å². The molecule has 2 aromatic rings. The Balaban J connectivity index is 1.99. The molecule has 0 fully saturated rings. The Bertz CT molecular complexity index is 681. The highest BCUT2D eigenvalue weighted by atomic mass is 35.5. The number of thiophene rings is 2. The Hall–Kier alpha value is -1.32. The van der Waals surface area contributed by atoms with E-state index in [1.165, 1.54) is 22.7 Å². The molecule has 21 heavy (non-hydrogen) atoms. The second-order valence-corrected chi connectivity index (χ2v) is 6.97. The molecule has 0 saturated heterocycles. The van der Waals surface area contributed by atoms with Crippen molar-refractivity contribution in [3.8, 4) is 11.8 Å². The third-order valence-electron chi connectivity index (χ3n) is 2.68. The van der Waals surface area contributed by atoms with Crippen LogP contribution in [0.5, 0.6) is 0 Å². The van der Waals surface area contributed by atoms with Crippen molar-refractivity contribution in [2.24, 2.45) is 0 Å². The van der Waals surface area contributed by atoms with Crippen LogP contribution >= 0.6 is 34.3 Å². The van der Waals surface area contributed by atoms with Crippen molar-refractivity contribution in [2.75, 3.05) is 6.61 Å². The number of hydrogen-bond donors (Lipinski definition) is 2. The highest BCUT2D eigenvalue weighted by molar-refractivity contribution is 7.16. The van der Waals surface area contributed by atoms with E-state index in [4.69, 9.17) is 16.7 Å². The lowest BCUT2D eigenvalue weighted by molar-refractivity contribution is 0.0941. The second-order valence-electron chi connectivity index (χ2n) is 4.31. The van der Waals surface area contributed by atoms with Gasteiger partial charge in [-0.2, -0.15) is 0 Å². The van der Waals surface area contributed by atoms with Crippen LogP contribution in [0.3, 0.4) is 0 Å². The third-order valence-corrected chi connectivity index (χ3v) is 4.94. The molecule has 0 aliphatic heterocycles. The van der Waals surface area contributed by atoms with Gasteiger partial charge in [0.1, 0.15) is 0 Å². The van der Waals surface area contributed by atoms with Gasteiger partial charge in [0.15, 0.2) is 0 Å². The lowest BCUT2D eigenvalue weighted by Gasteiger charge is -2.11. The summed E-state index contributed by atoms with van der Waals surface area (Å²) in [5.74, 6) is 5.63. The molecule has 0 radical (unpaired) electrons. The molecule has 2 rings (SSSR count). The maximum absolute atomic E-state index is 12.2. The molecule has 1 amide bonds. The Morgan fingerprint density at radius 2 is 2.33 bits per heavy atom. The zero-order valence-electron chi connectivity index (χ0n) is 11.4. The molecule has 6 heteroatoms. The van der Waals surface area contributed by atoms with Crippen LogP contribution < -0.4 is 5.32 Å². The fourth-order valence-corrected chi connectivity index (χ4v) is 3.46. The average Bonchev–Trinajstić information content (AvgIpc) is 3.08. The van der Waals surface area contributed by atoms with Gasteiger partial charge < -0.3 is 10.4 Å². The zero-order valence-corrected chi connectivity index (χ0v) is 13.7. The molecule has 0 aliphatic rings. The molecule has 0 bridgehead atoms. The molecule has 0 saturated carbocycles. The topological polar surface area (TPSA) is 49.3 Å². The lowest BCUT2D eigenvalue weighted by Crippen LogP contribution is -2.25. The summed E-state index contributed by atoms with van der Waals surface area (Å²) in [4.78, 5) is 14.0. The summed E-state index contributed by atoms with van der Waals surface area (Å²) < 4.78 is 0.711. The van der Waals surface area contributed by atoms with Gasteiger partial charge in [-0.3, -0.25) is 4.79 Å². The molecule has 2 aromatic heterocycles. The van der Waals surface area contributed by atoms with E-state index in [2.05, 4.69) is 17.2 Å². The number of aliphatic hydroxyl groups is 1. The molecule has 0 aliphatic carbocycles. The first-order valence-electron chi connectivity index (χ1n) is 6.34. The second kappa shape index (κ2) is 7.62. The summed E-state index contributed by atoms with van der Waals surface area (Å²) in [5, 5.41) is 13.4. The Kier molecular flexibility index (Phi) is 5.83. The van der Waals surface area contributed by atoms with E-state index in [0.717, 1.165) is 9.75 Å². The molecule has 0 spiro atoms. The van der Waals surface area contributed by atoms with Crippen molar-refractivity contribution >= 4 is 40.2 Å². The van der Waals surface area contributed by atoms with Gasteiger partial charge in [-0.15, -0.1) is 22.7 Å². The van der Waals surface area contributed by atoms with E-state index in [1.54, 1.807) is 11.4 Å². The Morgan fingerprint density at radius 1 is 1.52 bits per heavy atom. The SMILES string of the molecule is CC(NC(=O)c1csc(C#CCCO)c1)c1ccc(Cl)s1. The number of nitrogens with one attached hydrogen (secondary N) is 1. The standard InChI is InChI=1S/C15H14ClNO2S2/c1-10(13-5-6-14(16)21-13)17-15(19)11-8-12(20-9-11)4-2-3-7-18/h5-6,8-10,18H,3,7H2,1H3,(H,17,19). The molecule has 1 unspecified atom stereocenters. The molecule has 3 nitrogen and oxygen atoms in total. The summed E-state index contributed by atoms with van der Waals surface area (Å²) in [6.07, 6.45) is 0.440. The number of carbonyl (C=O) groups is 1. The first kappa shape index (κ1) is 16.1. The van der Waals surface area contributed by atoms with Crippen molar-refractivity contribution in [1.82, 2.24) is 5.32 Å². The summed E-state index contributed by atoms with van der Waals surface area (Å²) in [6, 6.07) is 5.42. The van der Waals surface area contributed by atoms with Gasteiger partial charge in [-0.05, 0) is 25.1 Å². The van der Waals surface area contributed by atoms with Crippen LogP contribution in [0.2, 0.25) is 4.34 Å². The number of hydrogen-bond acceptors (Lipinski definition) is 4. The summed E-state index contributed by atoms with van der Waals surface area (Å²) >= 11 is 8.78. The minimum Gasteiger partial charge on any atom is -0.395 e. The minimum atomic E-state index is -0.126. The molecule has 0 aromatic carbocycles. The van der Waals surface area contributed by atoms with E-state index in [-0.39, 0.29) is 18.6 Å². The minimum absolute atomic E-state index is 0.0482. The zero-order chi connectivity index (χ0) is 15.2. The number of rotatable bonds is 4. The van der Waals surface area contributed by atoms with Gasteiger partial charge in [0.2, 0.25) is 0 Å². The third kappa shape index (κ3) is 4.58. The van der Waals surface area contributed by atoms with Crippen molar-refractivity contribution in [1.29, 1.82) is 0 Å². The number of halogens is 1. The molecule has 1 atom stereocenters. The molecule has 2 heterocycles. The largest absolute Gasteiger partial charge is 0.395 e. The highest BCUT2D eigenvalue weighted by Gasteiger charge is 2.14. The monoisotopic (exact) mass is 339 g/mol. The van der Waals surface area contributed by atoms with Gasteiger partial charge in [-0.1, -0.05) is 23.4 Å². The van der Waals surface area contributed by atoms with E-state index >= 15 is 0 Å². The average molecular weight is 340 g/mol. The van der Waals surface area contributed by atoms with Crippen molar-refractivity contribution < 1.29 is 9.90 Å². The lowest BCUT2D eigenvalue weighted by atomic mass is 10.2. The smallest absolute Gasteiger partial charge is 0.252 e.